The Kier molecular flexibility index (Phi) is 3.47. The molecule has 0 N–H and O–H groups in total. The molecule has 0 aliphatic heterocycles. The van der Waals surface area contributed by atoms with Crippen LogP contribution in [0, 0.1) is 13.8 Å². The molecule has 3 aromatic rings. The number of benzene rings is 1. The van der Waals surface area contributed by atoms with Crippen molar-refractivity contribution in [2.24, 2.45) is 0 Å². The van der Waals surface area contributed by atoms with Gasteiger partial charge in [0.2, 0.25) is 0 Å². The standard InChI is InChI=1S/C16H10F6N2/c1-7-5-12(16(20,21)22)24-11-4-3-9-10(15(17,18)19)6-8(2)23-14(9)13(7)11/h3-6H,1-2H3. The van der Waals surface area contributed by atoms with Crippen molar-refractivity contribution in [3.8, 4) is 0 Å². The summed E-state index contributed by atoms with van der Waals surface area (Å²) in [4.78, 5) is 7.64. The first-order chi connectivity index (χ1) is 11.0. The van der Waals surface area contributed by atoms with Gasteiger partial charge in [-0.15, -0.1) is 0 Å². The van der Waals surface area contributed by atoms with Crippen LogP contribution in [0.2, 0.25) is 0 Å². The number of halogens is 6. The molecule has 0 unspecified atom stereocenters. The van der Waals surface area contributed by atoms with E-state index in [-0.39, 0.29) is 33.1 Å². The van der Waals surface area contributed by atoms with E-state index in [1.165, 1.54) is 13.8 Å². The third kappa shape index (κ3) is 2.65. The molecule has 2 aromatic heterocycles. The van der Waals surface area contributed by atoms with Crippen LogP contribution in [0.3, 0.4) is 0 Å². The molecule has 8 heteroatoms. The molecule has 0 saturated heterocycles. The monoisotopic (exact) mass is 344 g/mol. The summed E-state index contributed by atoms with van der Waals surface area (Å²) in [7, 11) is 0. The Morgan fingerprint density at radius 3 is 2.08 bits per heavy atom. The molecular formula is C16H10F6N2. The molecule has 0 amide bonds. The quantitative estimate of drug-likeness (QED) is 0.401. The van der Waals surface area contributed by atoms with Crippen LogP contribution in [0.1, 0.15) is 22.5 Å². The molecule has 0 radical (unpaired) electrons. The Bertz CT molecular complexity index is 957. The van der Waals surface area contributed by atoms with E-state index in [9.17, 15) is 26.3 Å². The second-order valence-electron chi connectivity index (χ2n) is 5.49. The van der Waals surface area contributed by atoms with Crippen LogP contribution in [0.25, 0.3) is 21.8 Å². The van der Waals surface area contributed by atoms with Crippen LogP contribution in [0.15, 0.2) is 24.3 Å². The topological polar surface area (TPSA) is 25.8 Å². The lowest BCUT2D eigenvalue weighted by atomic mass is 10.0. The zero-order valence-electron chi connectivity index (χ0n) is 12.5. The van der Waals surface area contributed by atoms with Crippen LogP contribution < -0.4 is 0 Å². The Morgan fingerprint density at radius 1 is 0.833 bits per heavy atom. The normalized spacial score (nSPS) is 13.0. The number of nitrogens with zero attached hydrogens (tertiary/aromatic N) is 2. The van der Waals surface area contributed by atoms with E-state index < -0.39 is 23.6 Å². The lowest BCUT2D eigenvalue weighted by Gasteiger charge is -2.15. The third-order valence-electron chi connectivity index (χ3n) is 3.67. The number of hydrogen-bond donors (Lipinski definition) is 0. The number of rotatable bonds is 0. The summed E-state index contributed by atoms with van der Waals surface area (Å²) in [6.07, 6.45) is -9.22. The van der Waals surface area contributed by atoms with Gasteiger partial charge in [0.1, 0.15) is 5.69 Å². The van der Waals surface area contributed by atoms with E-state index in [2.05, 4.69) is 9.97 Å². The lowest BCUT2D eigenvalue weighted by Crippen LogP contribution is -2.10. The Labute approximate surface area is 132 Å². The minimum Gasteiger partial charge on any atom is -0.252 e. The van der Waals surface area contributed by atoms with E-state index >= 15 is 0 Å². The van der Waals surface area contributed by atoms with Crippen molar-refractivity contribution < 1.29 is 26.3 Å². The van der Waals surface area contributed by atoms with Crippen LogP contribution in [-0.4, -0.2) is 9.97 Å². The minimum absolute atomic E-state index is 0.00134. The number of aryl methyl sites for hydroxylation is 2. The maximum Gasteiger partial charge on any atom is 0.433 e. The highest BCUT2D eigenvalue weighted by Crippen LogP contribution is 2.38. The zero-order valence-corrected chi connectivity index (χ0v) is 12.5. The smallest absolute Gasteiger partial charge is 0.252 e. The highest BCUT2D eigenvalue weighted by atomic mass is 19.4. The van der Waals surface area contributed by atoms with Crippen LogP contribution in [0.4, 0.5) is 26.3 Å². The minimum atomic E-state index is -4.63. The van der Waals surface area contributed by atoms with Crippen molar-refractivity contribution in [3.05, 3.63) is 46.8 Å². The molecule has 1 aromatic carbocycles. The first-order valence-corrected chi connectivity index (χ1v) is 6.84. The first kappa shape index (κ1) is 16.5. The van der Waals surface area contributed by atoms with Crippen molar-refractivity contribution in [2.45, 2.75) is 26.2 Å². The first-order valence-electron chi connectivity index (χ1n) is 6.84. The third-order valence-corrected chi connectivity index (χ3v) is 3.67. The van der Waals surface area contributed by atoms with Crippen LogP contribution >= 0.6 is 0 Å². The molecule has 0 aliphatic rings. The van der Waals surface area contributed by atoms with E-state index in [1.807, 2.05) is 0 Å². The van der Waals surface area contributed by atoms with Crippen molar-refractivity contribution in [1.29, 1.82) is 0 Å². The van der Waals surface area contributed by atoms with Crippen molar-refractivity contribution in [3.63, 3.8) is 0 Å². The summed E-state index contributed by atoms with van der Waals surface area (Å²) < 4.78 is 78.3. The number of pyridine rings is 2. The Balaban J connectivity index is 2.46. The van der Waals surface area contributed by atoms with E-state index in [4.69, 9.17) is 0 Å². The van der Waals surface area contributed by atoms with Gasteiger partial charge in [0.25, 0.3) is 0 Å². The molecule has 0 fully saturated rings. The number of aromatic nitrogens is 2. The van der Waals surface area contributed by atoms with Gasteiger partial charge in [0.15, 0.2) is 0 Å². The number of alkyl halides is 6. The fourth-order valence-electron chi connectivity index (χ4n) is 2.71. The number of hydrogen-bond acceptors (Lipinski definition) is 2. The van der Waals surface area contributed by atoms with Gasteiger partial charge >= 0.3 is 12.4 Å². The van der Waals surface area contributed by atoms with E-state index in [1.54, 1.807) is 0 Å². The summed E-state index contributed by atoms with van der Waals surface area (Å²) in [6.45, 7) is 2.80. The maximum absolute atomic E-state index is 13.2. The van der Waals surface area contributed by atoms with E-state index in [0.29, 0.717) is 0 Å². The maximum atomic E-state index is 13.2. The van der Waals surface area contributed by atoms with Gasteiger partial charge in [-0.3, -0.25) is 4.98 Å². The van der Waals surface area contributed by atoms with Gasteiger partial charge in [-0.1, -0.05) is 6.07 Å². The van der Waals surface area contributed by atoms with Crippen LogP contribution in [0.5, 0.6) is 0 Å². The molecule has 0 atom stereocenters. The van der Waals surface area contributed by atoms with Gasteiger partial charge in [-0.2, -0.15) is 26.3 Å². The molecule has 3 rings (SSSR count). The summed E-state index contributed by atoms with van der Waals surface area (Å²) >= 11 is 0. The Hall–Kier alpha value is -2.38. The van der Waals surface area contributed by atoms with Gasteiger partial charge in [0, 0.05) is 16.5 Å². The van der Waals surface area contributed by atoms with Gasteiger partial charge in [0.05, 0.1) is 16.6 Å². The SMILES string of the molecule is Cc1cc(C(F)(F)F)c2ccc3nc(C(F)(F)F)cc(C)c3c2n1. The predicted molar refractivity (Wildman–Crippen MR) is 76.5 cm³/mol. The molecule has 0 spiro atoms. The largest absolute Gasteiger partial charge is 0.433 e. The van der Waals surface area contributed by atoms with Crippen molar-refractivity contribution in [2.75, 3.05) is 0 Å². The zero-order chi connectivity index (χ0) is 17.9. The average molecular weight is 344 g/mol. The summed E-state index contributed by atoms with van der Waals surface area (Å²) in [5.41, 5.74) is -1.70. The second kappa shape index (κ2) is 5.06. The van der Waals surface area contributed by atoms with E-state index in [0.717, 1.165) is 24.3 Å². The average Bonchev–Trinajstić information content (AvgIpc) is 2.43. The molecular weight excluding hydrogens is 334 g/mol. The second-order valence-corrected chi connectivity index (χ2v) is 5.49. The lowest BCUT2D eigenvalue weighted by molar-refractivity contribution is -0.141. The summed E-state index contributed by atoms with van der Waals surface area (Å²) in [5.74, 6) is 0. The molecule has 126 valence electrons. The summed E-state index contributed by atoms with van der Waals surface area (Å²) in [5, 5.41) is 0.0277. The highest BCUT2D eigenvalue weighted by molar-refractivity contribution is 6.06. The van der Waals surface area contributed by atoms with Crippen LogP contribution in [-0.2, 0) is 12.4 Å². The predicted octanol–water partition coefficient (Wildman–Crippen LogP) is 5.44. The Morgan fingerprint density at radius 2 is 1.50 bits per heavy atom. The fraction of sp³-hybridized carbons (Fsp3) is 0.250. The molecule has 0 aliphatic carbocycles. The molecule has 2 nitrogen and oxygen atoms in total. The molecule has 0 saturated carbocycles. The van der Waals surface area contributed by atoms with Gasteiger partial charge in [-0.05, 0) is 37.6 Å². The number of fused-ring (bicyclic) bond motifs is 3. The molecule has 0 bridgehead atoms. The van der Waals surface area contributed by atoms with Crippen molar-refractivity contribution >= 4 is 21.8 Å². The van der Waals surface area contributed by atoms with Gasteiger partial charge in [-0.25, -0.2) is 4.98 Å². The highest BCUT2D eigenvalue weighted by Gasteiger charge is 2.35. The van der Waals surface area contributed by atoms with Gasteiger partial charge < -0.3 is 0 Å². The molecule has 2 heterocycles. The summed E-state index contributed by atoms with van der Waals surface area (Å²) in [6, 6.07) is 4.01. The molecule has 24 heavy (non-hydrogen) atoms. The fourth-order valence-corrected chi connectivity index (χ4v) is 2.71. The van der Waals surface area contributed by atoms with Crippen molar-refractivity contribution in [1.82, 2.24) is 9.97 Å².